The molecule has 6 heteroatoms. The van der Waals surface area contributed by atoms with Crippen LogP contribution in [-0.4, -0.2) is 22.9 Å². The minimum atomic E-state index is -0.734. The summed E-state index contributed by atoms with van der Waals surface area (Å²) in [6.45, 7) is 5.08. The Balaban J connectivity index is 2.03. The van der Waals surface area contributed by atoms with Crippen molar-refractivity contribution in [3.63, 3.8) is 0 Å². The molecule has 0 spiro atoms. The summed E-state index contributed by atoms with van der Waals surface area (Å²) >= 11 is 0. The van der Waals surface area contributed by atoms with Gasteiger partial charge in [0.2, 0.25) is 5.91 Å². The Hall–Kier alpha value is -3.02. The van der Waals surface area contributed by atoms with Gasteiger partial charge in [-0.15, -0.1) is 0 Å². The average Bonchev–Trinajstić information content (AvgIpc) is 2.66. The van der Waals surface area contributed by atoms with Crippen LogP contribution in [0.5, 0.6) is 0 Å². The normalized spacial score (nSPS) is 17.1. The Morgan fingerprint density at radius 3 is 2.48 bits per heavy atom. The monoisotopic (exact) mass is 399 g/mol. The number of benzene rings is 2. The average molecular weight is 399 g/mol. The van der Waals surface area contributed by atoms with Gasteiger partial charge in [0, 0.05) is 29.7 Å². The van der Waals surface area contributed by atoms with E-state index in [9.17, 15) is 18.4 Å². The number of esters is 1. The second-order valence-corrected chi connectivity index (χ2v) is 7.34. The zero-order valence-electron chi connectivity index (χ0n) is 16.6. The third-order valence-corrected chi connectivity index (χ3v) is 4.93. The SMILES string of the molecule is CC1=C(C(=O)OC(C)C)C(c2ccccc2)CC(=O)N1Cc1ccc(F)cc1F. The molecule has 0 aromatic heterocycles. The van der Waals surface area contributed by atoms with Crippen LogP contribution < -0.4 is 0 Å². The maximum Gasteiger partial charge on any atom is 0.336 e. The number of hydrogen-bond donors (Lipinski definition) is 0. The van der Waals surface area contributed by atoms with Gasteiger partial charge in [0.15, 0.2) is 0 Å². The molecule has 0 fully saturated rings. The first-order chi connectivity index (χ1) is 13.8. The lowest BCUT2D eigenvalue weighted by molar-refractivity contribution is -0.143. The highest BCUT2D eigenvalue weighted by molar-refractivity contribution is 5.96. The van der Waals surface area contributed by atoms with Crippen molar-refractivity contribution < 1.29 is 23.1 Å². The molecule has 1 aliphatic heterocycles. The van der Waals surface area contributed by atoms with E-state index in [4.69, 9.17) is 4.74 Å². The van der Waals surface area contributed by atoms with Gasteiger partial charge in [-0.25, -0.2) is 13.6 Å². The topological polar surface area (TPSA) is 46.6 Å². The van der Waals surface area contributed by atoms with Gasteiger partial charge in [-0.1, -0.05) is 36.4 Å². The maximum atomic E-state index is 14.1. The van der Waals surface area contributed by atoms with E-state index in [1.165, 1.54) is 11.0 Å². The van der Waals surface area contributed by atoms with Crippen molar-refractivity contribution in [1.29, 1.82) is 0 Å². The summed E-state index contributed by atoms with van der Waals surface area (Å²) in [7, 11) is 0. The van der Waals surface area contributed by atoms with Crippen LogP contribution in [0.3, 0.4) is 0 Å². The van der Waals surface area contributed by atoms with Gasteiger partial charge in [0.25, 0.3) is 0 Å². The van der Waals surface area contributed by atoms with Crippen LogP contribution in [0.4, 0.5) is 8.78 Å². The lowest BCUT2D eigenvalue weighted by atomic mass is 9.83. The van der Waals surface area contributed by atoms with Crippen LogP contribution in [0, 0.1) is 11.6 Å². The van der Waals surface area contributed by atoms with Crippen molar-refractivity contribution in [3.8, 4) is 0 Å². The summed E-state index contributed by atoms with van der Waals surface area (Å²) in [4.78, 5) is 27.1. The van der Waals surface area contributed by atoms with Gasteiger partial charge >= 0.3 is 5.97 Å². The molecule has 1 unspecified atom stereocenters. The fraction of sp³-hybridized carbons (Fsp3) is 0.304. The van der Waals surface area contributed by atoms with Gasteiger partial charge in [0.1, 0.15) is 11.6 Å². The third kappa shape index (κ3) is 4.53. The van der Waals surface area contributed by atoms with Gasteiger partial charge in [0.05, 0.1) is 18.2 Å². The van der Waals surface area contributed by atoms with Crippen molar-refractivity contribution >= 4 is 11.9 Å². The fourth-order valence-corrected chi connectivity index (χ4v) is 3.54. The van der Waals surface area contributed by atoms with Gasteiger partial charge < -0.3 is 9.64 Å². The number of nitrogens with zero attached hydrogens (tertiary/aromatic N) is 1. The molecular formula is C23H23F2NO3. The summed E-state index contributed by atoms with van der Waals surface area (Å²) < 4.78 is 32.8. The van der Waals surface area contributed by atoms with E-state index >= 15 is 0 Å². The Labute approximate surface area is 168 Å². The zero-order valence-corrected chi connectivity index (χ0v) is 16.6. The molecule has 29 heavy (non-hydrogen) atoms. The van der Waals surface area contributed by atoms with Crippen molar-refractivity contribution in [3.05, 3.63) is 82.6 Å². The largest absolute Gasteiger partial charge is 0.460 e. The summed E-state index contributed by atoms with van der Waals surface area (Å²) in [5.74, 6) is -2.59. The number of halogens is 2. The van der Waals surface area contributed by atoms with Gasteiger partial charge in [-0.05, 0) is 32.4 Å². The minimum Gasteiger partial charge on any atom is -0.460 e. The highest BCUT2D eigenvalue weighted by atomic mass is 19.1. The Kier molecular flexibility index (Phi) is 6.11. The first kappa shape index (κ1) is 20.7. The van der Waals surface area contributed by atoms with Crippen molar-refractivity contribution in [2.75, 3.05) is 0 Å². The molecule has 0 aliphatic carbocycles. The number of carbonyl (C=O) groups excluding carboxylic acids is 2. The van der Waals surface area contributed by atoms with Crippen molar-refractivity contribution in [1.82, 2.24) is 4.90 Å². The molecule has 0 saturated carbocycles. The molecule has 0 radical (unpaired) electrons. The van der Waals surface area contributed by atoms with E-state index in [0.717, 1.165) is 17.7 Å². The first-order valence-corrected chi connectivity index (χ1v) is 9.49. The highest BCUT2D eigenvalue weighted by Crippen LogP contribution is 2.38. The Morgan fingerprint density at radius 1 is 1.17 bits per heavy atom. The van der Waals surface area contributed by atoms with Crippen LogP contribution in [0.25, 0.3) is 0 Å². The predicted molar refractivity (Wildman–Crippen MR) is 105 cm³/mol. The molecule has 1 aliphatic rings. The zero-order chi connectivity index (χ0) is 21.1. The van der Waals surface area contributed by atoms with Crippen LogP contribution in [0.1, 0.15) is 44.2 Å². The standard InChI is InChI=1S/C23H23F2NO3/c1-14(2)29-23(28)22-15(3)26(13-17-9-10-18(24)11-20(17)25)21(27)12-19(22)16-7-5-4-6-8-16/h4-11,14,19H,12-13H2,1-3H3. The lowest BCUT2D eigenvalue weighted by Crippen LogP contribution is -2.38. The number of rotatable bonds is 5. The quantitative estimate of drug-likeness (QED) is 0.685. The number of ether oxygens (including phenoxy) is 1. The predicted octanol–water partition coefficient (Wildman–Crippen LogP) is 4.71. The van der Waals surface area contributed by atoms with E-state index in [1.807, 2.05) is 30.3 Å². The van der Waals surface area contributed by atoms with Crippen LogP contribution in [-0.2, 0) is 20.9 Å². The van der Waals surface area contributed by atoms with Crippen molar-refractivity contribution in [2.24, 2.45) is 0 Å². The van der Waals surface area contributed by atoms with E-state index in [0.29, 0.717) is 11.3 Å². The van der Waals surface area contributed by atoms with E-state index in [-0.39, 0.29) is 30.5 Å². The smallest absolute Gasteiger partial charge is 0.336 e. The maximum absolute atomic E-state index is 14.1. The second-order valence-electron chi connectivity index (χ2n) is 7.34. The van der Waals surface area contributed by atoms with Crippen LogP contribution in [0.2, 0.25) is 0 Å². The molecular weight excluding hydrogens is 376 g/mol. The summed E-state index contributed by atoms with van der Waals surface area (Å²) in [6.07, 6.45) is -0.257. The van der Waals surface area contributed by atoms with Crippen molar-refractivity contribution in [2.45, 2.75) is 45.8 Å². The molecule has 0 saturated heterocycles. The minimum absolute atomic E-state index is 0.0622. The third-order valence-electron chi connectivity index (χ3n) is 4.93. The molecule has 1 amide bonds. The number of allylic oxidation sites excluding steroid dienone is 1. The molecule has 2 aromatic carbocycles. The molecule has 0 bridgehead atoms. The van der Waals surface area contributed by atoms with E-state index < -0.39 is 23.5 Å². The number of amides is 1. The first-order valence-electron chi connectivity index (χ1n) is 9.49. The molecule has 152 valence electrons. The van der Waals surface area contributed by atoms with Crippen LogP contribution in [0.15, 0.2) is 59.8 Å². The van der Waals surface area contributed by atoms with Gasteiger partial charge in [-0.2, -0.15) is 0 Å². The summed E-state index contributed by atoms with van der Waals surface area (Å²) in [5, 5.41) is 0. The van der Waals surface area contributed by atoms with Crippen LogP contribution >= 0.6 is 0 Å². The molecule has 0 N–H and O–H groups in total. The molecule has 3 rings (SSSR count). The van der Waals surface area contributed by atoms with E-state index in [2.05, 4.69) is 0 Å². The Bertz CT molecular complexity index is 954. The molecule has 1 heterocycles. The Morgan fingerprint density at radius 2 is 1.86 bits per heavy atom. The van der Waals surface area contributed by atoms with Gasteiger partial charge in [-0.3, -0.25) is 4.79 Å². The number of carbonyl (C=O) groups is 2. The highest BCUT2D eigenvalue weighted by Gasteiger charge is 2.37. The molecule has 1 atom stereocenters. The fourth-order valence-electron chi connectivity index (χ4n) is 3.54. The lowest BCUT2D eigenvalue weighted by Gasteiger charge is -2.35. The molecule has 4 nitrogen and oxygen atoms in total. The molecule has 2 aromatic rings. The summed E-state index contributed by atoms with van der Waals surface area (Å²) in [5.41, 5.74) is 1.81. The van der Waals surface area contributed by atoms with E-state index in [1.54, 1.807) is 20.8 Å². The second kappa shape index (κ2) is 8.55. The number of hydrogen-bond acceptors (Lipinski definition) is 3. The summed E-state index contributed by atoms with van der Waals surface area (Å²) in [6, 6.07) is 12.5.